The molecule has 1 atom stereocenters. The molecule has 2 aromatic rings. The van der Waals surface area contributed by atoms with Gasteiger partial charge in [0.1, 0.15) is 18.2 Å². The summed E-state index contributed by atoms with van der Waals surface area (Å²) in [6.45, 7) is 6.43. The summed E-state index contributed by atoms with van der Waals surface area (Å²) < 4.78 is 30.9. The number of benzene rings is 1. The summed E-state index contributed by atoms with van der Waals surface area (Å²) in [5.74, 6) is 2.23. The molecular formula is C18H23N3O3S. The van der Waals surface area contributed by atoms with E-state index < -0.39 is 9.84 Å². The molecule has 0 saturated carbocycles. The lowest BCUT2D eigenvalue weighted by Crippen LogP contribution is -2.27. The molecule has 0 unspecified atom stereocenters. The number of ether oxygens (including phenoxy) is 1. The molecule has 25 heavy (non-hydrogen) atoms. The molecule has 0 aliphatic carbocycles. The van der Waals surface area contributed by atoms with Crippen LogP contribution in [0.15, 0.2) is 41.8 Å². The van der Waals surface area contributed by atoms with Gasteiger partial charge in [0.05, 0.1) is 11.3 Å². The fourth-order valence-corrected chi connectivity index (χ4v) is 4.19. The second-order valence-electron chi connectivity index (χ2n) is 7.25. The van der Waals surface area contributed by atoms with Gasteiger partial charge in [0, 0.05) is 11.8 Å². The smallest absolute Gasteiger partial charge is 0.188 e. The van der Waals surface area contributed by atoms with Crippen LogP contribution in [0, 0.1) is 5.92 Å². The van der Waals surface area contributed by atoms with Gasteiger partial charge < -0.3 is 4.74 Å². The van der Waals surface area contributed by atoms with Crippen molar-refractivity contribution in [3.63, 3.8) is 0 Å². The fourth-order valence-electron chi connectivity index (χ4n) is 2.79. The normalized spacial score (nSPS) is 19.2. The van der Waals surface area contributed by atoms with Crippen LogP contribution in [0.5, 0.6) is 5.75 Å². The molecular weight excluding hydrogens is 338 g/mol. The average Bonchev–Trinajstić information content (AvgIpc) is 3.09. The third-order valence-electron chi connectivity index (χ3n) is 3.91. The van der Waals surface area contributed by atoms with Crippen molar-refractivity contribution in [2.45, 2.75) is 39.3 Å². The van der Waals surface area contributed by atoms with Crippen LogP contribution in [0.3, 0.4) is 0 Å². The fraction of sp³-hybridized carbons (Fsp3) is 0.444. The van der Waals surface area contributed by atoms with Gasteiger partial charge in [-0.25, -0.2) is 18.1 Å². The van der Waals surface area contributed by atoms with Gasteiger partial charge in [-0.1, -0.05) is 24.3 Å². The van der Waals surface area contributed by atoms with Crippen LogP contribution in [0.25, 0.3) is 0 Å². The van der Waals surface area contributed by atoms with Crippen LogP contribution in [0.1, 0.15) is 32.4 Å². The first kappa shape index (κ1) is 17.7. The molecule has 1 aromatic carbocycles. The van der Waals surface area contributed by atoms with Crippen molar-refractivity contribution in [1.82, 2.24) is 14.8 Å². The highest BCUT2D eigenvalue weighted by Gasteiger charge is 2.27. The molecule has 3 rings (SSSR count). The molecule has 0 N–H and O–H groups in total. The third kappa shape index (κ3) is 4.48. The summed E-state index contributed by atoms with van der Waals surface area (Å²) >= 11 is 0. The lowest BCUT2D eigenvalue weighted by Gasteiger charge is -2.21. The second-order valence-corrected chi connectivity index (χ2v) is 9.18. The molecule has 2 heterocycles. The number of hydrogen-bond donors (Lipinski definition) is 0. The van der Waals surface area contributed by atoms with Crippen LogP contribution < -0.4 is 4.74 Å². The summed E-state index contributed by atoms with van der Waals surface area (Å²) in [5.41, 5.74) is -0.242. The predicted molar refractivity (Wildman–Crippen MR) is 95.9 cm³/mol. The Morgan fingerprint density at radius 1 is 1.24 bits per heavy atom. The monoisotopic (exact) mass is 361 g/mol. The summed E-state index contributed by atoms with van der Waals surface area (Å²) in [6.07, 6.45) is 2.29. The van der Waals surface area contributed by atoms with Crippen LogP contribution in [-0.4, -0.2) is 28.9 Å². The summed E-state index contributed by atoms with van der Waals surface area (Å²) in [5, 5.41) is 5.88. The Bertz CT molecular complexity index is 865. The van der Waals surface area contributed by atoms with Crippen LogP contribution in [0.4, 0.5) is 0 Å². The van der Waals surface area contributed by atoms with Crippen molar-refractivity contribution < 1.29 is 13.2 Å². The minimum atomic E-state index is -3.07. The minimum absolute atomic E-state index is 0.0572. The summed E-state index contributed by atoms with van der Waals surface area (Å²) in [7, 11) is -3.07. The first-order chi connectivity index (χ1) is 11.7. The van der Waals surface area contributed by atoms with Gasteiger partial charge in [0.2, 0.25) is 0 Å². The first-order valence-electron chi connectivity index (χ1n) is 8.27. The largest absolute Gasteiger partial charge is 0.486 e. The van der Waals surface area contributed by atoms with E-state index in [1.165, 1.54) is 5.41 Å². The van der Waals surface area contributed by atoms with E-state index in [4.69, 9.17) is 4.74 Å². The molecule has 7 heteroatoms. The molecule has 0 spiro atoms. The minimum Gasteiger partial charge on any atom is -0.486 e. The number of sulfone groups is 1. The number of nitrogens with zero attached hydrogens (tertiary/aromatic N) is 3. The van der Waals surface area contributed by atoms with Gasteiger partial charge in [-0.15, -0.1) is 0 Å². The highest BCUT2D eigenvalue weighted by Crippen LogP contribution is 2.23. The standard InChI is InChI=1S/C18H23N3O3S/c1-18(2,3)21-17(11-14-9-10-25(22,23)13-14)19-16(20-21)12-24-15-7-5-4-6-8-15/h4-10,14H,11-13H2,1-3H3/t14-/m1/s1. The SMILES string of the molecule is CC(C)(C)n1nc(COc2ccccc2)nc1C[C@H]1C=CS(=O)(=O)C1. The molecule has 1 aromatic heterocycles. The average molecular weight is 361 g/mol. The number of aromatic nitrogens is 3. The van der Waals surface area contributed by atoms with E-state index in [9.17, 15) is 8.42 Å². The second kappa shape index (κ2) is 6.63. The molecule has 0 radical (unpaired) electrons. The van der Waals surface area contributed by atoms with Gasteiger partial charge in [-0.2, -0.15) is 5.10 Å². The highest BCUT2D eigenvalue weighted by molar-refractivity contribution is 7.94. The maximum Gasteiger partial charge on any atom is 0.188 e. The van der Waals surface area contributed by atoms with E-state index in [-0.39, 0.29) is 23.8 Å². The number of allylic oxidation sites excluding steroid dienone is 1. The van der Waals surface area contributed by atoms with E-state index in [2.05, 4.69) is 10.1 Å². The van der Waals surface area contributed by atoms with Crippen molar-refractivity contribution in [1.29, 1.82) is 0 Å². The van der Waals surface area contributed by atoms with E-state index in [1.54, 1.807) is 6.08 Å². The molecule has 6 nitrogen and oxygen atoms in total. The van der Waals surface area contributed by atoms with Crippen molar-refractivity contribution in [2.24, 2.45) is 5.92 Å². The van der Waals surface area contributed by atoms with Gasteiger partial charge in [0.15, 0.2) is 15.7 Å². The molecule has 1 aliphatic rings. The maximum atomic E-state index is 11.6. The van der Waals surface area contributed by atoms with Gasteiger partial charge in [-0.05, 0) is 38.8 Å². The molecule has 134 valence electrons. The van der Waals surface area contributed by atoms with Gasteiger partial charge in [-0.3, -0.25) is 0 Å². The molecule has 0 fully saturated rings. The van der Waals surface area contributed by atoms with Crippen molar-refractivity contribution >= 4 is 9.84 Å². The van der Waals surface area contributed by atoms with Crippen LogP contribution in [-0.2, 0) is 28.4 Å². The van der Waals surface area contributed by atoms with E-state index in [0.717, 1.165) is 11.6 Å². The lowest BCUT2D eigenvalue weighted by atomic mass is 10.1. The number of hydrogen-bond acceptors (Lipinski definition) is 5. The van der Waals surface area contributed by atoms with Gasteiger partial charge in [0.25, 0.3) is 0 Å². The summed E-state index contributed by atoms with van der Waals surface area (Å²) in [4.78, 5) is 4.60. The maximum absolute atomic E-state index is 11.6. The topological polar surface area (TPSA) is 74.1 Å². The van der Waals surface area contributed by atoms with E-state index in [1.807, 2.05) is 55.8 Å². The Balaban J connectivity index is 1.77. The highest BCUT2D eigenvalue weighted by atomic mass is 32.2. The Hall–Kier alpha value is -2.15. The van der Waals surface area contributed by atoms with Crippen LogP contribution >= 0.6 is 0 Å². The van der Waals surface area contributed by atoms with E-state index >= 15 is 0 Å². The Kier molecular flexibility index (Phi) is 4.69. The molecule has 1 aliphatic heterocycles. The van der Waals surface area contributed by atoms with Crippen LogP contribution in [0.2, 0.25) is 0 Å². The summed E-state index contributed by atoms with van der Waals surface area (Å²) in [6, 6.07) is 9.52. The quantitative estimate of drug-likeness (QED) is 0.819. The third-order valence-corrected chi connectivity index (χ3v) is 5.38. The van der Waals surface area contributed by atoms with E-state index in [0.29, 0.717) is 12.2 Å². The van der Waals surface area contributed by atoms with Crippen molar-refractivity contribution in [3.05, 3.63) is 53.5 Å². The number of para-hydroxylation sites is 1. The predicted octanol–water partition coefficient (Wildman–Crippen LogP) is 2.71. The number of rotatable bonds is 5. The Morgan fingerprint density at radius 3 is 2.56 bits per heavy atom. The molecule has 0 amide bonds. The van der Waals surface area contributed by atoms with Crippen molar-refractivity contribution in [3.8, 4) is 5.75 Å². The lowest BCUT2D eigenvalue weighted by molar-refractivity contribution is 0.288. The van der Waals surface area contributed by atoms with Crippen molar-refractivity contribution in [2.75, 3.05) is 5.75 Å². The molecule has 0 saturated heterocycles. The zero-order valence-corrected chi connectivity index (χ0v) is 15.5. The molecule has 0 bridgehead atoms. The van der Waals surface area contributed by atoms with Gasteiger partial charge >= 0.3 is 0 Å². The zero-order chi connectivity index (χ0) is 18.1. The first-order valence-corrected chi connectivity index (χ1v) is 9.98. The Labute approximate surface area is 148 Å². The zero-order valence-electron chi connectivity index (χ0n) is 14.7. The Morgan fingerprint density at radius 2 is 1.96 bits per heavy atom.